The fourth-order valence-electron chi connectivity index (χ4n) is 3.79. The number of benzene rings is 3. The Morgan fingerprint density at radius 3 is 2.59 bits per heavy atom. The Balaban J connectivity index is 1.45. The number of aryl methyl sites for hydroxylation is 1. The summed E-state index contributed by atoms with van der Waals surface area (Å²) in [5, 5.41) is 2.85. The van der Waals surface area contributed by atoms with E-state index >= 15 is 0 Å². The van der Waals surface area contributed by atoms with Crippen LogP contribution in [0.25, 0.3) is 0 Å². The SMILES string of the molecule is Cc1ccc(OCCN2CCOCC2)cc1C(=O)c1ccc(Nc2ccc(F)cc2F)cc1N. The van der Waals surface area contributed by atoms with E-state index in [0.29, 0.717) is 29.2 Å². The zero-order valence-electron chi connectivity index (χ0n) is 18.9. The highest BCUT2D eigenvalue weighted by Gasteiger charge is 2.17. The van der Waals surface area contributed by atoms with Crippen molar-refractivity contribution in [3.05, 3.63) is 82.9 Å². The van der Waals surface area contributed by atoms with Crippen LogP contribution in [-0.4, -0.2) is 50.1 Å². The van der Waals surface area contributed by atoms with E-state index in [4.69, 9.17) is 15.2 Å². The average molecular weight is 468 g/mol. The monoisotopic (exact) mass is 467 g/mol. The van der Waals surface area contributed by atoms with Crippen LogP contribution in [-0.2, 0) is 4.74 Å². The number of ketones is 1. The van der Waals surface area contributed by atoms with Gasteiger partial charge in [-0.25, -0.2) is 8.78 Å². The van der Waals surface area contributed by atoms with E-state index in [1.807, 2.05) is 19.1 Å². The number of rotatable bonds is 8. The molecule has 0 amide bonds. The number of carbonyl (C=O) groups excluding carboxylic acids is 1. The Morgan fingerprint density at radius 1 is 1.06 bits per heavy atom. The van der Waals surface area contributed by atoms with Crippen LogP contribution in [0.2, 0.25) is 0 Å². The molecule has 3 N–H and O–H groups in total. The highest BCUT2D eigenvalue weighted by molar-refractivity contribution is 6.13. The van der Waals surface area contributed by atoms with Crippen molar-refractivity contribution in [2.24, 2.45) is 0 Å². The number of morpholine rings is 1. The summed E-state index contributed by atoms with van der Waals surface area (Å²) in [7, 11) is 0. The molecule has 0 atom stereocenters. The van der Waals surface area contributed by atoms with E-state index in [0.717, 1.165) is 50.5 Å². The zero-order chi connectivity index (χ0) is 24.1. The van der Waals surface area contributed by atoms with E-state index in [1.54, 1.807) is 24.3 Å². The lowest BCUT2D eigenvalue weighted by Gasteiger charge is -2.26. The standard InChI is InChI=1S/C26H27F2N3O3/c1-17-2-5-20(34-13-10-31-8-11-33-12-9-31)16-22(17)26(32)21-6-4-19(15-24(21)29)30-25-7-3-18(27)14-23(25)28/h2-7,14-16,30H,8-13,29H2,1H3. The Bertz CT molecular complexity index is 1180. The molecule has 1 heterocycles. The predicted molar refractivity (Wildman–Crippen MR) is 128 cm³/mol. The topological polar surface area (TPSA) is 76.8 Å². The summed E-state index contributed by atoms with van der Waals surface area (Å²) in [5.41, 5.74) is 8.64. The molecule has 6 nitrogen and oxygen atoms in total. The van der Waals surface area contributed by atoms with Crippen LogP contribution in [0.5, 0.6) is 5.75 Å². The molecular weight excluding hydrogens is 440 g/mol. The summed E-state index contributed by atoms with van der Waals surface area (Å²) in [4.78, 5) is 15.5. The molecule has 0 spiro atoms. The van der Waals surface area contributed by atoms with Crippen molar-refractivity contribution < 1.29 is 23.0 Å². The van der Waals surface area contributed by atoms with Crippen molar-refractivity contribution >= 4 is 22.8 Å². The highest BCUT2D eigenvalue weighted by Crippen LogP contribution is 2.27. The summed E-state index contributed by atoms with van der Waals surface area (Å²) in [6, 6.07) is 13.4. The van der Waals surface area contributed by atoms with Crippen LogP contribution in [0.1, 0.15) is 21.5 Å². The fourth-order valence-corrected chi connectivity index (χ4v) is 3.79. The maximum absolute atomic E-state index is 13.9. The molecule has 0 saturated carbocycles. The largest absolute Gasteiger partial charge is 0.492 e. The molecule has 0 unspecified atom stereocenters. The van der Waals surface area contributed by atoms with Crippen molar-refractivity contribution in [1.29, 1.82) is 0 Å². The number of hydrogen-bond acceptors (Lipinski definition) is 6. The zero-order valence-corrected chi connectivity index (χ0v) is 18.9. The number of nitrogens with one attached hydrogen (secondary N) is 1. The molecule has 0 radical (unpaired) electrons. The molecule has 4 rings (SSSR count). The molecular formula is C26H27F2N3O3. The van der Waals surface area contributed by atoms with Gasteiger partial charge in [-0.1, -0.05) is 6.07 Å². The smallest absolute Gasteiger partial charge is 0.195 e. The van der Waals surface area contributed by atoms with Crippen LogP contribution in [0.3, 0.4) is 0 Å². The summed E-state index contributed by atoms with van der Waals surface area (Å²) >= 11 is 0. The normalized spacial score (nSPS) is 14.1. The average Bonchev–Trinajstić information content (AvgIpc) is 2.82. The highest BCUT2D eigenvalue weighted by atomic mass is 19.1. The minimum absolute atomic E-state index is 0.109. The third kappa shape index (κ3) is 5.70. The molecule has 8 heteroatoms. The second kappa shape index (κ2) is 10.6. The van der Waals surface area contributed by atoms with Crippen LogP contribution in [0.15, 0.2) is 54.6 Å². The number of nitrogens with zero attached hydrogens (tertiary/aromatic N) is 1. The van der Waals surface area contributed by atoms with Gasteiger partial charge in [-0.05, 0) is 55.0 Å². The lowest BCUT2D eigenvalue weighted by atomic mass is 9.97. The van der Waals surface area contributed by atoms with Crippen LogP contribution < -0.4 is 15.8 Å². The first-order valence-electron chi connectivity index (χ1n) is 11.1. The van der Waals surface area contributed by atoms with Gasteiger partial charge >= 0.3 is 0 Å². The number of hydrogen-bond donors (Lipinski definition) is 2. The quantitative estimate of drug-likeness (QED) is 0.374. The molecule has 0 aliphatic carbocycles. The molecule has 0 aromatic heterocycles. The van der Waals surface area contributed by atoms with Crippen LogP contribution >= 0.6 is 0 Å². The number of carbonyl (C=O) groups is 1. The molecule has 178 valence electrons. The van der Waals surface area contributed by atoms with Crippen LogP contribution in [0, 0.1) is 18.6 Å². The molecule has 1 aliphatic heterocycles. The van der Waals surface area contributed by atoms with Crippen molar-refractivity contribution in [2.75, 3.05) is 50.5 Å². The molecule has 3 aromatic rings. The van der Waals surface area contributed by atoms with Gasteiger partial charge in [0.25, 0.3) is 0 Å². The number of nitrogens with two attached hydrogens (primary N) is 1. The van der Waals surface area contributed by atoms with E-state index in [1.165, 1.54) is 6.07 Å². The van der Waals surface area contributed by atoms with Gasteiger partial charge in [-0.3, -0.25) is 9.69 Å². The minimum atomic E-state index is -0.722. The van der Waals surface area contributed by atoms with Crippen molar-refractivity contribution in [2.45, 2.75) is 6.92 Å². The second-order valence-electron chi connectivity index (χ2n) is 8.16. The van der Waals surface area contributed by atoms with Gasteiger partial charge in [0.05, 0.1) is 18.9 Å². The lowest BCUT2D eigenvalue weighted by Crippen LogP contribution is -2.38. The Hall–Kier alpha value is -3.49. The van der Waals surface area contributed by atoms with E-state index in [2.05, 4.69) is 10.2 Å². The third-order valence-corrected chi connectivity index (χ3v) is 5.74. The minimum Gasteiger partial charge on any atom is -0.492 e. The first kappa shape index (κ1) is 23.7. The summed E-state index contributed by atoms with van der Waals surface area (Å²) in [6.07, 6.45) is 0. The molecule has 3 aromatic carbocycles. The van der Waals surface area contributed by atoms with Crippen molar-refractivity contribution in [3.63, 3.8) is 0 Å². The number of halogens is 2. The molecule has 34 heavy (non-hydrogen) atoms. The molecule has 1 aliphatic rings. The fraction of sp³-hybridized carbons (Fsp3) is 0.269. The second-order valence-corrected chi connectivity index (χ2v) is 8.16. The lowest BCUT2D eigenvalue weighted by molar-refractivity contribution is 0.0322. The van der Waals surface area contributed by atoms with Gasteiger partial charge in [-0.2, -0.15) is 0 Å². The Morgan fingerprint density at radius 2 is 1.85 bits per heavy atom. The van der Waals surface area contributed by atoms with E-state index in [-0.39, 0.29) is 17.2 Å². The molecule has 1 saturated heterocycles. The number of anilines is 3. The number of nitrogen functional groups attached to an aromatic ring is 1. The van der Waals surface area contributed by atoms with Gasteiger partial charge < -0.3 is 20.5 Å². The van der Waals surface area contributed by atoms with E-state index in [9.17, 15) is 13.6 Å². The van der Waals surface area contributed by atoms with Gasteiger partial charge in [-0.15, -0.1) is 0 Å². The van der Waals surface area contributed by atoms with Gasteiger partial charge in [0, 0.05) is 48.2 Å². The maximum atomic E-state index is 13.9. The van der Waals surface area contributed by atoms with Crippen molar-refractivity contribution in [3.8, 4) is 5.75 Å². The first-order chi connectivity index (χ1) is 16.4. The molecule has 0 bridgehead atoms. The summed E-state index contributed by atoms with van der Waals surface area (Å²) in [6.45, 7) is 6.40. The van der Waals surface area contributed by atoms with Crippen molar-refractivity contribution in [1.82, 2.24) is 4.90 Å². The first-order valence-corrected chi connectivity index (χ1v) is 11.1. The van der Waals surface area contributed by atoms with Gasteiger partial charge in [0.2, 0.25) is 0 Å². The summed E-state index contributed by atoms with van der Waals surface area (Å²) in [5.74, 6) is -0.995. The third-order valence-electron chi connectivity index (χ3n) is 5.74. The molecule has 1 fully saturated rings. The van der Waals surface area contributed by atoms with Gasteiger partial charge in [0.1, 0.15) is 24.0 Å². The number of ether oxygens (including phenoxy) is 2. The maximum Gasteiger partial charge on any atom is 0.195 e. The van der Waals surface area contributed by atoms with Gasteiger partial charge in [0.15, 0.2) is 5.78 Å². The Labute approximate surface area is 197 Å². The van der Waals surface area contributed by atoms with E-state index < -0.39 is 11.6 Å². The van der Waals surface area contributed by atoms with Crippen LogP contribution in [0.4, 0.5) is 25.8 Å². The summed E-state index contributed by atoms with van der Waals surface area (Å²) < 4.78 is 38.3. The Kier molecular flexibility index (Phi) is 7.40. The predicted octanol–water partition coefficient (Wildman–Crippen LogP) is 4.54.